The molecule has 0 atom stereocenters. The Morgan fingerprint density at radius 3 is 2.70 bits per heavy atom. The standard InChI is InChI=1S/C16H16FNO2/c1-10-6-7-13(17)8-12(10)9-20-16(19)14-5-3-4-11(2)15(14)18/h3-8H,9,18H2,1-2H3. The number of carbonyl (C=O) groups is 1. The van der Waals surface area contributed by atoms with Gasteiger partial charge in [0.2, 0.25) is 0 Å². The molecule has 4 heteroatoms. The van der Waals surface area contributed by atoms with E-state index >= 15 is 0 Å². The normalized spacial score (nSPS) is 10.3. The van der Waals surface area contributed by atoms with Gasteiger partial charge in [-0.15, -0.1) is 0 Å². The van der Waals surface area contributed by atoms with Crippen molar-refractivity contribution in [2.75, 3.05) is 5.73 Å². The van der Waals surface area contributed by atoms with Gasteiger partial charge < -0.3 is 10.5 Å². The van der Waals surface area contributed by atoms with Gasteiger partial charge in [-0.25, -0.2) is 9.18 Å². The van der Waals surface area contributed by atoms with Crippen LogP contribution < -0.4 is 5.73 Å². The lowest BCUT2D eigenvalue weighted by molar-refractivity contribution is 0.0473. The Kier molecular flexibility index (Phi) is 4.03. The zero-order valence-electron chi connectivity index (χ0n) is 11.4. The minimum atomic E-state index is -0.505. The fourth-order valence-electron chi connectivity index (χ4n) is 1.88. The first-order valence-corrected chi connectivity index (χ1v) is 6.26. The lowest BCUT2D eigenvalue weighted by atomic mass is 10.1. The number of anilines is 1. The Morgan fingerprint density at radius 2 is 1.95 bits per heavy atom. The number of nitrogen functional groups attached to an aromatic ring is 1. The monoisotopic (exact) mass is 273 g/mol. The number of halogens is 1. The van der Waals surface area contributed by atoms with Crippen LogP contribution in [0.25, 0.3) is 0 Å². The van der Waals surface area contributed by atoms with E-state index in [1.807, 2.05) is 19.9 Å². The van der Waals surface area contributed by atoms with E-state index in [-0.39, 0.29) is 12.4 Å². The maximum Gasteiger partial charge on any atom is 0.340 e. The second-order valence-corrected chi connectivity index (χ2v) is 4.68. The zero-order chi connectivity index (χ0) is 14.7. The summed E-state index contributed by atoms with van der Waals surface area (Å²) in [7, 11) is 0. The molecule has 104 valence electrons. The molecular formula is C16H16FNO2. The molecule has 0 aliphatic rings. The highest BCUT2D eigenvalue weighted by molar-refractivity contribution is 5.95. The van der Waals surface area contributed by atoms with Gasteiger partial charge in [0.15, 0.2) is 0 Å². The van der Waals surface area contributed by atoms with Crippen LogP contribution in [0.2, 0.25) is 0 Å². The molecule has 2 N–H and O–H groups in total. The third-order valence-electron chi connectivity index (χ3n) is 3.21. The minimum absolute atomic E-state index is 0.0236. The molecule has 0 fully saturated rings. The number of esters is 1. The summed E-state index contributed by atoms with van der Waals surface area (Å²) in [4.78, 5) is 12.0. The van der Waals surface area contributed by atoms with E-state index in [2.05, 4.69) is 0 Å². The average molecular weight is 273 g/mol. The first-order valence-electron chi connectivity index (χ1n) is 6.26. The van der Waals surface area contributed by atoms with Gasteiger partial charge in [-0.3, -0.25) is 0 Å². The van der Waals surface area contributed by atoms with Crippen molar-refractivity contribution in [3.8, 4) is 0 Å². The first-order chi connectivity index (χ1) is 9.49. The van der Waals surface area contributed by atoms with Crippen LogP contribution in [0.15, 0.2) is 36.4 Å². The van der Waals surface area contributed by atoms with Crippen molar-refractivity contribution in [1.82, 2.24) is 0 Å². The van der Waals surface area contributed by atoms with Gasteiger partial charge in [0.1, 0.15) is 12.4 Å². The third-order valence-corrected chi connectivity index (χ3v) is 3.21. The van der Waals surface area contributed by atoms with Crippen LogP contribution in [0.5, 0.6) is 0 Å². The number of rotatable bonds is 3. The van der Waals surface area contributed by atoms with E-state index in [4.69, 9.17) is 10.5 Å². The Hall–Kier alpha value is -2.36. The number of carbonyl (C=O) groups excluding carboxylic acids is 1. The van der Waals surface area contributed by atoms with Gasteiger partial charge in [0.25, 0.3) is 0 Å². The number of benzene rings is 2. The Balaban J connectivity index is 2.13. The molecule has 0 saturated heterocycles. The Bertz CT molecular complexity index is 653. The number of aryl methyl sites for hydroxylation is 2. The SMILES string of the molecule is Cc1ccc(F)cc1COC(=O)c1cccc(C)c1N. The first kappa shape index (κ1) is 14.1. The highest BCUT2D eigenvalue weighted by Crippen LogP contribution is 2.19. The zero-order valence-corrected chi connectivity index (χ0v) is 11.4. The largest absolute Gasteiger partial charge is 0.457 e. The molecule has 0 heterocycles. The number of hydrogen-bond donors (Lipinski definition) is 1. The molecule has 2 rings (SSSR count). The summed E-state index contributed by atoms with van der Waals surface area (Å²) in [5, 5.41) is 0. The van der Waals surface area contributed by atoms with Crippen LogP contribution in [0.4, 0.5) is 10.1 Å². The smallest absolute Gasteiger partial charge is 0.340 e. The molecule has 0 unspecified atom stereocenters. The molecule has 0 amide bonds. The van der Waals surface area contributed by atoms with E-state index in [0.717, 1.165) is 11.1 Å². The molecule has 0 spiro atoms. The Labute approximate surface area is 117 Å². The summed E-state index contributed by atoms with van der Waals surface area (Å²) in [5.41, 5.74) is 8.92. The number of hydrogen-bond acceptors (Lipinski definition) is 3. The van der Waals surface area contributed by atoms with Gasteiger partial charge >= 0.3 is 5.97 Å². The lowest BCUT2D eigenvalue weighted by Gasteiger charge is -2.10. The van der Waals surface area contributed by atoms with Gasteiger partial charge in [-0.1, -0.05) is 18.2 Å². The van der Waals surface area contributed by atoms with E-state index < -0.39 is 5.97 Å². The predicted molar refractivity (Wildman–Crippen MR) is 75.8 cm³/mol. The quantitative estimate of drug-likeness (QED) is 0.689. The van der Waals surface area contributed by atoms with E-state index in [1.165, 1.54) is 12.1 Å². The molecule has 0 aromatic heterocycles. The van der Waals surface area contributed by atoms with Gasteiger partial charge in [-0.2, -0.15) is 0 Å². The van der Waals surface area contributed by atoms with Gasteiger partial charge in [0.05, 0.1) is 5.56 Å². The van der Waals surface area contributed by atoms with Crippen molar-refractivity contribution in [3.63, 3.8) is 0 Å². The summed E-state index contributed by atoms with van der Waals surface area (Å²) in [5.74, 6) is -0.855. The molecular weight excluding hydrogens is 257 g/mol. The van der Waals surface area contributed by atoms with Crippen LogP contribution in [0.3, 0.4) is 0 Å². The fraction of sp³-hybridized carbons (Fsp3) is 0.188. The van der Waals surface area contributed by atoms with E-state index in [0.29, 0.717) is 16.8 Å². The second-order valence-electron chi connectivity index (χ2n) is 4.68. The maximum absolute atomic E-state index is 13.2. The van der Waals surface area contributed by atoms with Crippen LogP contribution in [0, 0.1) is 19.7 Å². The molecule has 0 aliphatic carbocycles. The fourth-order valence-corrected chi connectivity index (χ4v) is 1.88. The van der Waals surface area contributed by atoms with E-state index in [1.54, 1.807) is 18.2 Å². The number of para-hydroxylation sites is 1. The summed E-state index contributed by atoms with van der Waals surface area (Å²) in [6, 6.07) is 9.57. The average Bonchev–Trinajstić information content (AvgIpc) is 2.42. The van der Waals surface area contributed by atoms with Crippen molar-refractivity contribution in [2.24, 2.45) is 0 Å². The molecule has 0 bridgehead atoms. The highest BCUT2D eigenvalue weighted by Gasteiger charge is 2.13. The molecule has 2 aromatic rings. The highest BCUT2D eigenvalue weighted by atomic mass is 19.1. The second kappa shape index (κ2) is 5.74. The van der Waals surface area contributed by atoms with Crippen LogP contribution >= 0.6 is 0 Å². The topological polar surface area (TPSA) is 52.3 Å². The van der Waals surface area contributed by atoms with Crippen molar-refractivity contribution in [2.45, 2.75) is 20.5 Å². The summed E-state index contributed by atoms with van der Waals surface area (Å²) in [6.07, 6.45) is 0. The van der Waals surface area contributed by atoms with Crippen molar-refractivity contribution >= 4 is 11.7 Å². The molecule has 0 saturated carbocycles. The van der Waals surface area contributed by atoms with Gasteiger partial charge in [-0.05, 0) is 48.7 Å². The number of nitrogens with two attached hydrogens (primary N) is 1. The summed E-state index contributed by atoms with van der Waals surface area (Å²) in [6.45, 7) is 3.68. The summed E-state index contributed by atoms with van der Waals surface area (Å²) < 4.78 is 18.4. The van der Waals surface area contributed by atoms with Crippen LogP contribution in [0.1, 0.15) is 27.0 Å². The maximum atomic E-state index is 13.2. The molecule has 0 aliphatic heterocycles. The third kappa shape index (κ3) is 2.96. The molecule has 20 heavy (non-hydrogen) atoms. The molecule has 0 radical (unpaired) electrons. The van der Waals surface area contributed by atoms with E-state index in [9.17, 15) is 9.18 Å². The molecule has 3 nitrogen and oxygen atoms in total. The predicted octanol–water partition coefficient (Wildman–Crippen LogP) is 3.38. The molecule has 2 aromatic carbocycles. The van der Waals surface area contributed by atoms with Crippen LogP contribution in [-0.2, 0) is 11.3 Å². The number of ether oxygens (including phenoxy) is 1. The van der Waals surface area contributed by atoms with Crippen molar-refractivity contribution in [3.05, 3.63) is 64.5 Å². The van der Waals surface area contributed by atoms with Crippen molar-refractivity contribution in [1.29, 1.82) is 0 Å². The minimum Gasteiger partial charge on any atom is -0.457 e. The Morgan fingerprint density at radius 1 is 1.20 bits per heavy atom. The van der Waals surface area contributed by atoms with Crippen LogP contribution in [-0.4, -0.2) is 5.97 Å². The van der Waals surface area contributed by atoms with Gasteiger partial charge in [0, 0.05) is 5.69 Å². The summed E-state index contributed by atoms with van der Waals surface area (Å²) >= 11 is 0. The lowest BCUT2D eigenvalue weighted by Crippen LogP contribution is -2.09. The van der Waals surface area contributed by atoms with Crippen molar-refractivity contribution < 1.29 is 13.9 Å².